The lowest BCUT2D eigenvalue weighted by molar-refractivity contribution is -0.384. The molecule has 92 valence electrons. The van der Waals surface area contributed by atoms with Gasteiger partial charge in [0.15, 0.2) is 0 Å². The molecule has 1 rings (SSSR count). The second kappa shape index (κ2) is 5.83. The van der Waals surface area contributed by atoms with Crippen LogP contribution >= 0.6 is 0 Å². The molecule has 6 heteroatoms. The molecule has 1 aromatic carbocycles. The molecule has 1 N–H and O–H groups in total. The van der Waals surface area contributed by atoms with Gasteiger partial charge < -0.3 is 5.11 Å². The van der Waals surface area contributed by atoms with Gasteiger partial charge in [0.05, 0.1) is 11.1 Å². The molecular formula is C11H15N3O3. The molecule has 0 aliphatic rings. The summed E-state index contributed by atoms with van der Waals surface area (Å²) in [7, 11) is 0. The van der Waals surface area contributed by atoms with Crippen LogP contribution in [0.25, 0.3) is 0 Å². The molecular weight excluding hydrogens is 222 g/mol. The molecule has 0 amide bonds. The van der Waals surface area contributed by atoms with Crippen molar-refractivity contribution in [1.29, 1.82) is 0 Å². The van der Waals surface area contributed by atoms with Crippen LogP contribution in [0.2, 0.25) is 0 Å². The van der Waals surface area contributed by atoms with Crippen LogP contribution in [0.3, 0.4) is 0 Å². The van der Waals surface area contributed by atoms with Crippen LogP contribution in [0, 0.1) is 10.1 Å². The van der Waals surface area contributed by atoms with E-state index in [1.807, 2.05) is 13.8 Å². The summed E-state index contributed by atoms with van der Waals surface area (Å²) in [5.74, 6) is -0.0218. The van der Waals surface area contributed by atoms with Crippen molar-refractivity contribution in [2.45, 2.75) is 13.8 Å². The number of nitro benzene ring substituents is 1. The summed E-state index contributed by atoms with van der Waals surface area (Å²) in [4.78, 5) is 10.1. The Morgan fingerprint density at radius 2 is 2.12 bits per heavy atom. The number of hydrogen-bond donors (Lipinski definition) is 1. The molecule has 0 saturated carbocycles. The van der Waals surface area contributed by atoms with Crippen molar-refractivity contribution < 1.29 is 10.0 Å². The number of hydrazone groups is 1. The summed E-state index contributed by atoms with van der Waals surface area (Å²) < 4.78 is 0. The molecule has 0 unspecified atom stereocenters. The van der Waals surface area contributed by atoms with Crippen molar-refractivity contribution in [2.24, 2.45) is 5.10 Å². The number of nitrogens with zero attached hydrogens (tertiary/aromatic N) is 3. The van der Waals surface area contributed by atoms with E-state index < -0.39 is 4.92 Å². The Morgan fingerprint density at radius 1 is 1.47 bits per heavy atom. The number of nitro groups is 1. The van der Waals surface area contributed by atoms with Crippen LogP contribution in [0.5, 0.6) is 5.75 Å². The fourth-order valence-electron chi connectivity index (χ4n) is 1.29. The van der Waals surface area contributed by atoms with E-state index in [0.717, 1.165) is 13.1 Å². The van der Waals surface area contributed by atoms with E-state index in [1.54, 1.807) is 5.01 Å². The second-order valence-electron chi connectivity index (χ2n) is 3.38. The van der Waals surface area contributed by atoms with Gasteiger partial charge in [-0.25, -0.2) is 0 Å². The van der Waals surface area contributed by atoms with E-state index in [4.69, 9.17) is 0 Å². The molecule has 0 aromatic heterocycles. The highest BCUT2D eigenvalue weighted by Crippen LogP contribution is 2.21. The minimum Gasteiger partial charge on any atom is -0.507 e. The maximum absolute atomic E-state index is 10.6. The SMILES string of the molecule is CCN(CC)/N=C/c1cc([N+](=O)[O-])ccc1O. The zero-order valence-electron chi connectivity index (χ0n) is 9.83. The average Bonchev–Trinajstić information content (AvgIpc) is 2.32. The van der Waals surface area contributed by atoms with E-state index in [2.05, 4.69) is 5.10 Å². The van der Waals surface area contributed by atoms with Gasteiger partial charge in [0, 0.05) is 30.8 Å². The van der Waals surface area contributed by atoms with Crippen molar-refractivity contribution in [2.75, 3.05) is 13.1 Å². The van der Waals surface area contributed by atoms with E-state index in [1.165, 1.54) is 24.4 Å². The molecule has 0 atom stereocenters. The monoisotopic (exact) mass is 237 g/mol. The summed E-state index contributed by atoms with van der Waals surface area (Å²) >= 11 is 0. The zero-order valence-corrected chi connectivity index (χ0v) is 9.83. The van der Waals surface area contributed by atoms with Crippen LogP contribution in [0.4, 0.5) is 5.69 Å². The predicted molar refractivity (Wildman–Crippen MR) is 65.3 cm³/mol. The highest BCUT2D eigenvalue weighted by atomic mass is 16.6. The Balaban J connectivity index is 2.97. The third-order valence-corrected chi connectivity index (χ3v) is 2.31. The number of aromatic hydroxyl groups is 1. The van der Waals surface area contributed by atoms with E-state index in [0.29, 0.717) is 5.56 Å². The molecule has 17 heavy (non-hydrogen) atoms. The molecule has 0 spiro atoms. The molecule has 0 heterocycles. The minimum absolute atomic E-state index is 0.0218. The molecule has 0 radical (unpaired) electrons. The maximum atomic E-state index is 10.6. The van der Waals surface area contributed by atoms with Crippen LogP contribution in [-0.2, 0) is 0 Å². The molecule has 0 fully saturated rings. The van der Waals surface area contributed by atoms with Gasteiger partial charge in [-0.1, -0.05) is 0 Å². The van der Waals surface area contributed by atoms with Gasteiger partial charge in [0.1, 0.15) is 5.75 Å². The van der Waals surface area contributed by atoms with Gasteiger partial charge in [0.25, 0.3) is 5.69 Å². The molecule has 0 bridgehead atoms. The topological polar surface area (TPSA) is 79.0 Å². The predicted octanol–water partition coefficient (Wildman–Crippen LogP) is 1.98. The van der Waals surface area contributed by atoms with Crippen LogP contribution in [0.15, 0.2) is 23.3 Å². The molecule has 0 aliphatic heterocycles. The number of rotatable bonds is 5. The highest BCUT2D eigenvalue weighted by Gasteiger charge is 2.08. The molecule has 0 saturated heterocycles. The summed E-state index contributed by atoms with van der Waals surface area (Å²) in [5, 5.41) is 26.0. The molecule has 6 nitrogen and oxygen atoms in total. The van der Waals surface area contributed by atoms with Crippen LogP contribution in [-0.4, -0.2) is 34.3 Å². The number of benzene rings is 1. The van der Waals surface area contributed by atoms with Gasteiger partial charge in [-0.15, -0.1) is 0 Å². The Morgan fingerprint density at radius 3 is 2.65 bits per heavy atom. The third kappa shape index (κ3) is 3.44. The average molecular weight is 237 g/mol. The normalized spacial score (nSPS) is 10.7. The van der Waals surface area contributed by atoms with E-state index in [-0.39, 0.29) is 11.4 Å². The largest absolute Gasteiger partial charge is 0.507 e. The quantitative estimate of drug-likeness (QED) is 0.482. The number of phenols is 1. The van der Waals surface area contributed by atoms with Crippen LogP contribution in [0.1, 0.15) is 19.4 Å². The van der Waals surface area contributed by atoms with Crippen molar-refractivity contribution in [1.82, 2.24) is 5.01 Å². The second-order valence-corrected chi connectivity index (χ2v) is 3.38. The first kappa shape index (κ1) is 13.0. The summed E-state index contributed by atoms with van der Waals surface area (Å²) in [6.45, 7) is 5.38. The van der Waals surface area contributed by atoms with Gasteiger partial charge in [0.2, 0.25) is 0 Å². The van der Waals surface area contributed by atoms with Crippen molar-refractivity contribution in [3.63, 3.8) is 0 Å². The smallest absolute Gasteiger partial charge is 0.270 e. The summed E-state index contributed by atoms with van der Waals surface area (Å²) in [6, 6.07) is 3.84. The first-order chi connectivity index (χ1) is 8.08. The third-order valence-electron chi connectivity index (χ3n) is 2.31. The lowest BCUT2D eigenvalue weighted by Crippen LogP contribution is -2.15. The fourth-order valence-corrected chi connectivity index (χ4v) is 1.29. The van der Waals surface area contributed by atoms with Gasteiger partial charge in [-0.05, 0) is 19.9 Å². The van der Waals surface area contributed by atoms with Crippen molar-refractivity contribution in [3.8, 4) is 5.75 Å². The van der Waals surface area contributed by atoms with Gasteiger partial charge >= 0.3 is 0 Å². The summed E-state index contributed by atoms with van der Waals surface area (Å²) in [5.41, 5.74) is 0.273. The Bertz CT molecular complexity index is 428. The number of non-ortho nitro benzene ring substituents is 1. The Labute approximate surface area is 99.3 Å². The van der Waals surface area contributed by atoms with Gasteiger partial charge in [-0.2, -0.15) is 5.10 Å². The summed E-state index contributed by atoms with van der Waals surface area (Å²) in [6.07, 6.45) is 1.43. The Kier molecular flexibility index (Phi) is 4.45. The number of phenolic OH excluding ortho intramolecular Hbond substituents is 1. The fraction of sp³-hybridized carbons (Fsp3) is 0.364. The first-order valence-electron chi connectivity index (χ1n) is 5.34. The lowest BCUT2D eigenvalue weighted by atomic mass is 10.2. The zero-order chi connectivity index (χ0) is 12.8. The highest BCUT2D eigenvalue weighted by molar-refractivity contribution is 5.84. The number of hydrogen-bond acceptors (Lipinski definition) is 5. The first-order valence-corrected chi connectivity index (χ1v) is 5.34. The van der Waals surface area contributed by atoms with Crippen LogP contribution < -0.4 is 0 Å². The molecule has 1 aromatic rings. The lowest BCUT2D eigenvalue weighted by Gasteiger charge is -2.13. The molecule has 0 aliphatic carbocycles. The van der Waals surface area contributed by atoms with Gasteiger partial charge in [-0.3, -0.25) is 15.1 Å². The van der Waals surface area contributed by atoms with Crippen molar-refractivity contribution >= 4 is 11.9 Å². The minimum atomic E-state index is -0.506. The Hall–Kier alpha value is -2.11. The maximum Gasteiger partial charge on any atom is 0.270 e. The van der Waals surface area contributed by atoms with E-state index >= 15 is 0 Å². The standard InChI is InChI=1S/C11H15N3O3/c1-3-13(4-2)12-8-9-7-10(14(16)17)5-6-11(9)15/h5-8,15H,3-4H2,1-2H3/b12-8+. The van der Waals surface area contributed by atoms with E-state index in [9.17, 15) is 15.2 Å². The van der Waals surface area contributed by atoms with Crippen molar-refractivity contribution in [3.05, 3.63) is 33.9 Å².